The molecule has 1 aromatic rings. The molecule has 2 atom stereocenters. The van der Waals surface area contributed by atoms with Gasteiger partial charge in [0.2, 0.25) is 11.8 Å². The van der Waals surface area contributed by atoms with E-state index in [1.807, 2.05) is 26.0 Å². The molecular weight excluding hydrogens is 367 g/mol. The second-order valence-electron chi connectivity index (χ2n) is 6.04. The van der Waals surface area contributed by atoms with Gasteiger partial charge in [0, 0.05) is 25.3 Å². The van der Waals surface area contributed by atoms with Gasteiger partial charge < -0.3 is 9.80 Å². The van der Waals surface area contributed by atoms with Crippen LogP contribution in [0.2, 0.25) is 10.0 Å². The number of thioether (sulfide) groups is 1. The topological polar surface area (TPSA) is 40.6 Å². The highest BCUT2D eigenvalue weighted by atomic mass is 35.5. The maximum Gasteiger partial charge on any atom is 0.246 e. The van der Waals surface area contributed by atoms with Crippen molar-refractivity contribution in [2.75, 3.05) is 18.7 Å². The van der Waals surface area contributed by atoms with E-state index < -0.39 is 6.04 Å². The van der Waals surface area contributed by atoms with Crippen LogP contribution in [0.15, 0.2) is 18.2 Å². The number of likely N-dealkylation sites (N-methyl/N-ethyl adjacent to an activating group) is 1. The molecular formula is C17H22Cl2N2O2S. The van der Waals surface area contributed by atoms with Crippen molar-refractivity contribution in [2.45, 2.75) is 32.9 Å². The normalized spacial score (nSPS) is 18.5. The van der Waals surface area contributed by atoms with Gasteiger partial charge in [-0.05, 0) is 18.1 Å². The van der Waals surface area contributed by atoms with E-state index in [0.717, 1.165) is 12.0 Å². The molecule has 2 unspecified atom stereocenters. The molecule has 0 saturated carbocycles. The third kappa shape index (κ3) is 4.19. The fraction of sp³-hybridized carbons (Fsp3) is 0.529. The average Bonchev–Trinajstić information content (AvgIpc) is 3.06. The van der Waals surface area contributed by atoms with Crippen LogP contribution >= 0.6 is 35.0 Å². The molecule has 1 aliphatic rings. The summed E-state index contributed by atoms with van der Waals surface area (Å²) in [6, 6.07) is 4.98. The number of carbonyl (C=O) groups excluding carboxylic acids is 2. The van der Waals surface area contributed by atoms with E-state index in [9.17, 15) is 9.59 Å². The second-order valence-corrected chi connectivity index (χ2v) is 7.83. The predicted molar refractivity (Wildman–Crippen MR) is 100 cm³/mol. The molecule has 2 amide bonds. The molecule has 0 aromatic heterocycles. The van der Waals surface area contributed by atoms with E-state index in [4.69, 9.17) is 23.2 Å². The highest BCUT2D eigenvalue weighted by Gasteiger charge is 2.37. The first-order chi connectivity index (χ1) is 11.4. The smallest absolute Gasteiger partial charge is 0.246 e. The van der Waals surface area contributed by atoms with Crippen LogP contribution in [0.5, 0.6) is 0 Å². The molecule has 1 fully saturated rings. The monoisotopic (exact) mass is 388 g/mol. The van der Waals surface area contributed by atoms with Crippen molar-refractivity contribution < 1.29 is 9.59 Å². The van der Waals surface area contributed by atoms with E-state index in [0.29, 0.717) is 28.2 Å². The Kier molecular flexibility index (Phi) is 6.84. The van der Waals surface area contributed by atoms with Gasteiger partial charge in [0.1, 0.15) is 6.04 Å². The van der Waals surface area contributed by atoms with E-state index in [-0.39, 0.29) is 17.7 Å². The molecule has 0 radical (unpaired) electrons. The molecule has 0 bridgehead atoms. The molecule has 0 spiro atoms. The lowest BCUT2D eigenvalue weighted by Gasteiger charge is -2.29. The van der Waals surface area contributed by atoms with Gasteiger partial charge in [-0.25, -0.2) is 0 Å². The first-order valence-electron chi connectivity index (χ1n) is 7.92. The van der Waals surface area contributed by atoms with Crippen LogP contribution in [0, 0.1) is 5.92 Å². The predicted octanol–water partition coefficient (Wildman–Crippen LogP) is 3.90. The molecule has 7 heteroatoms. The maximum absolute atomic E-state index is 12.8. The van der Waals surface area contributed by atoms with Crippen LogP contribution in [0.3, 0.4) is 0 Å². The van der Waals surface area contributed by atoms with Crippen molar-refractivity contribution in [1.82, 2.24) is 9.80 Å². The van der Waals surface area contributed by atoms with E-state index >= 15 is 0 Å². The summed E-state index contributed by atoms with van der Waals surface area (Å²) in [6.07, 6.45) is 0.773. The summed E-state index contributed by atoms with van der Waals surface area (Å²) >= 11 is 13.8. The van der Waals surface area contributed by atoms with Gasteiger partial charge in [-0.3, -0.25) is 9.59 Å². The van der Waals surface area contributed by atoms with E-state index in [2.05, 4.69) is 0 Å². The summed E-state index contributed by atoms with van der Waals surface area (Å²) < 4.78 is 0. The van der Waals surface area contributed by atoms with Crippen molar-refractivity contribution in [3.05, 3.63) is 33.8 Å². The molecule has 0 N–H and O–H groups in total. The van der Waals surface area contributed by atoms with Gasteiger partial charge in [-0.15, -0.1) is 11.8 Å². The minimum atomic E-state index is -0.403. The molecule has 4 nitrogen and oxygen atoms in total. The Bertz CT molecular complexity index is 627. The van der Waals surface area contributed by atoms with Gasteiger partial charge in [0.25, 0.3) is 0 Å². The molecule has 24 heavy (non-hydrogen) atoms. The molecule has 132 valence electrons. The van der Waals surface area contributed by atoms with Crippen LogP contribution in [0.4, 0.5) is 0 Å². The SMILES string of the molecule is CCC(C)C(=O)N1CSCC1C(=O)N(C)Cc1cccc(Cl)c1Cl. The number of nitrogens with zero attached hydrogens (tertiary/aromatic N) is 2. The molecule has 1 saturated heterocycles. The van der Waals surface area contributed by atoms with Gasteiger partial charge in [-0.2, -0.15) is 0 Å². The number of hydrogen-bond donors (Lipinski definition) is 0. The maximum atomic E-state index is 12.8. The van der Waals surface area contributed by atoms with Crippen molar-refractivity contribution in [3.63, 3.8) is 0 Å². The summed E-state index contributed by atoms with van der Waals surface area (Å²) in [5.74, 6) is 1.13. The standard InChI is InChI=1S/C17H22Cl2N2O2S/c1-4-11(2)16(22)21-10-24-9-14(21)17(23)20(3)8-12-6-5-7-13(18)15(12)19/h5-7,11,14H,4,8-10H2,1-3H3. The largest absolute Gasteiger partial charge is 0.340 e. The Hall–Kier alpha value is -0.910. The number of hydrogen-bond acceptors (Lipinski definition) is 3. The summed E-state index contributed by atoms with van der Waals surface area (Å²) in [5.41, 5.74) is 0.797. The zero-order valence-corrected chi connectivity index (χ0v) is 16.4. The highest BCUT2D eigenvalue weighted by Crippen LogP contribution is 2.28. The van der Waals surface area contributed by atoms with Crippen LogP contribution in [-0.4, -0.2) is 46.3 Å². The minimum Gasteiger partial charge on any atom is -0.340 e. The third-order valence-electron chi connectivity index (χ3n) is 4.30. The van der Waals surface area contributed by atoms with Gasteiger partial charge in [0.05, 0.1) is 15.9 Å². The van der Waals surface area contributed by atoms with Crippen molar-refractivity contribution in [1.29, 1.82) is 0 Å². The lowest BCUT2D eigenvalue weighted by atomic mass is 10.1. The zero-order chi connectivity index (χ0) is 17.9. The van der Waals surface area contributed by atoms with Crippen molar-refractivity contribution in [3.8, 4) is 0 Å². The van der Waals surface area contributed by atoms with Crippen LogP contribution < -0.4 is 0 Å². The molecule has 2 rings (SSSR count). The fourth-order valence-electron chi connectivity index (χ4n) is 2.58. The quantitative estimate of drug-likeness (QED) is 0.767. The Morgan fingerprint density at radius 3 is 2.79 bits per heavy atom. The first-order valence-corrected chi connectivity index (χ1v) is 9.84. The lowest BCUT2D eigenvalue weighted by molar-refractivity contribution is -0.144. The summed E-state index contributed by atoms with van der Waals surface area (Å²) in [6.45, 7) is 4.25. The second kappa shape index (κ2) is 8.45. The fourth-order valence-corrected chi connectivity index (χ4v) is 4.12. The number of carbonyl (C=O) groups is 2. The van der Waals surface area contributed by atoms with Gasteiger partial charge in [0.15, 0.2) is 0 Å². The summed E-state index contributed by atoms with van der Waals surface area (Å²) in [4.78, 5) is 28.6. The molecule has 1 aliphatic heterocycles. The Balaban J connectivity index is 2.09. The number of halogens is 2. The molecule has 0 aliphatic carbocycles. The number of benzene rings is 1. The van der Waals surface area contributed by atoms with E-state index in [1.54, 1.807) is 34.7 Å². The van der Waals surface area contributed by atoms with Crippen molar-refractivity contribution in [2.24, 2.45) is 5.92 Å². The molecule has 1 aromatic carbocycles. The van der Waals surface area contributed by atoms with Crippen LogP contribution in [0.1, 0.15) is 25.8 Å². The lowest BCUT2D eigenvalue weighted by Crippen LogP contribution is -2.49. The minimum absolute atomic E-state index is 0.0510. The van der Waals surface area contributed by atoms with E-state index in [1.165, 1.54) is 0 Å². The van der Waals surface area contributed by atoms with Gasteiger partial charge >= 0.3 is 0 Å². The number of rotatable bonds is 5. The van der Waals surface area contributed by atoms with Gasteiger partial charge in [-0.1, -0.05) is 49.2 Å². The Labute approximate surface area is 157 Å². The Morgan fingerprint density at radius 2 is 2.12 bits per heavy atom. The summed E-state index contributed by atoms with van der Waals surface area (Å²) in [7, 11) is 1.73. The average molecular weight is 389 g/mol. The van der Waals surface area contributed by atoms with Crippen LogP contribution in [0.25, 0.3) is 0 Å². The van der Waals surface area contributed by atoms with Crippen LogP contribution in [-0.2, 0) is 16.1 Å². The van der Waals surface area contributed by atoms with Crippen molar-refractivity contribution >= 4 is 46.8 Å². The number of amides is 2. The summed E-state index contributed by atoms with van der Waals surface area (Å²) in [5, 5.41) is 0.937. The first kappa shape index (κ1) is 19.4. The molecule has 1 heterocycles. The third-order valence-corrected chi connectivity index (χ3v) is 6.17. The zero-order valence-electron chi connectivity index (χ0n) is 14.1. The Morgan fingerprint density at radius 1 is 1.42 bits per heavy atom. The highest BCUT2D eigenvalue weighted by molar-refractivity contribution is 7.99.